The van der Waals surface area contributed by atoms with Crippen molar-refractivity contribution in [2.75, 3.05) is 6.61 Å². The zero-order chi connectivity index (χ0) is 15.5. The highest BCUT2D eigenvalue weighted by Gasteiger charge is 2.38. The SMILES string of the molecule is CCOc1ccccc1C(=O)N(C1CC1)C(C)c1ccco1. The number of furan rings is 1. The van der Waals surface area contributed by atoms with E-state index in [2.05, 4.69) is 0 Å². The van der Waals surface area contributed by atoms with Crippen LogP contribution in [0.2, 0.25) is 0 Å². The van der Waals surface area contributed by atoms with Crippen LogP contribution in [-0.4, -0.2) is 23.5 Å². The van der Waals surface area contributed by atoms with Crippen molar-refractivity contribution in [1.29, 1.82) is 0 Å². The molecule has 0 N–H and O–H groups in total. The molecule has 4 nitrogen and oxygen atoms in total. The number of ether oxygens (including phenoxy) is 1. The van der Waals surface area contributed by atoms with E-state index in [1.165, 1.54) is 0 Å². The zero-order valence-corrected chi connectivity index (χ0v) is 13.0. The lowest BCUT2D eigenvalue weighted by atomic mass is 10.1. The van der Waals surface area contributed by atoms with Crippen LogP contribution in [0.5, 0.6) is 5.75 Å². The predicted octanol–water partition coefficient (Wildman–Crippen LogP) is 4.04. The van der Waals surface area contributed by atoms with E-state index in [1.54, 1.807) is 6.26 Å². The Balaban J connectivity index is 1.90. The molecule has 0 aliphatic heterocycles. The summed E-state index contributed by atoms with van der Waals surface area (Å²) in [6.45, 7) is 4.48. The minimum atomic E-state index is -0.0790. The van der Waals surface area contributed by atoms with Gasteiger partial charge in [0.1, 0.15) is 11.5 Å². The van der Waals surface area contributed by atoms with Crippen molar-refractivity contribution in [2.45, 2.75) is 38.8 Å². The molecule has 1 aliphatic carbocycles. The minimum Gasteiger partial charge on any atom is -0.493 e. The Bertz CT molecular complexity index is 632. The van der Waals surface area contributed by atoms with Crippen molar-refractivity contribution in [1.82, 2.24) is 4.90 Å². The number of rotatable bonds is 6. The third-order valence-electron chi connectivity index (χ3n) is 3.96. The molecule has 1 saturated carbocycles. The Kier molecular flexibility index (Phi) is 4.18. The van der Waals surface area contributed by atoms with Gasteiger partial charge in [-0.25, -0.2) is 0 Å². The number of nitrogens with zero attached hydrogens (tertiary/aromatic N) is 1. The summed E-state index contributed by atoms with van der Waals surface area (Å²) >= 11 is 0. The number of carbonyl (C=O) groups is 1. The fraction of sp³-hybridized carbons (Fsp3) is 0.389. The second-order valence-corrected chi connectivity index (χ2v) is 5.56. The van der Waals surface area contributed by atoms with E-state index in [1.807, 2.05) is 55.1 Å². The largest absolute Gasteiger partial charge is 0.493 e. The van der Waals surface area contributed by atoms with E-state index >= 15 is 0 Å². The van der Waals surface area contributed by atoms with Crippen molar-refractivity contribution < 1.29 is 13.9 Å². The average Bonchev–Trinajstić information content (AvgIpc) is 3.20. The highest BCUT2D eigenvalue weighted by Crippen LogP contribution is 2.37. The maximum atomic E-state index is 13.1. The fourth-order valence-corrected chi connectivity index (χ4v) is 2.74. The van der Waals surface area contributed by atoms with Crippen molar-refractivity contribution in [3.05, 3.63) is 54.0 Å². The van der Waals surface area contributed by atoms with E-state index in [9.17, 15) is 4.79 Å². The number of benzene rings is 1. The van der Waals surface area contributed by atoms with E-state index < -0.39 is 0 Å². The molecule has 1 unspecified atom stereocenters. The zero-order valence-electron chi connectivity index (χ0n) is 13.0. The Morgan fingerprint density at radius 1 is 1.32 bits per heavy atom. The van der Waals surface area contributed by atoms with Crippen molar-refractivity contribution in [3.63, 3.8) is 0 Å². The first-order chi connectivity index (χ1) is 10.7. The first-order valence-electron chi connectivity index (χ1n) is 7.80. The summed E-state index contributed by atoms with van der Waals surface area (Å²) < 4.78 is 11.1. The van der Waals surface area contributed by atoms with Gasteiger partial charge >= 0.3 is 0 Å². The second kappa shape index (κ2) is 6.26. The molecule has 1 aromatic heterocycles. The van der Waals surface area contributed by atoms with Crippen LogP contribution < -0.4 is 4.74 Å². The summed E-state index contributed by atoms with van der Waals surface area (Å²) in [5, 5.41) is 0. The molecule has 1 fully saturated rings. The van der Waals surface area contributed by atoms with Crippen LogP contribution >= 0.6 is 0 Å². The lowest BCUT2D eigenvalue weighted by Gasteiger charge is -2.28. The van der Waals surface area contributed by atoms with Gasteiger partial charge in [0.25, 0.3) is 5.91 Å². The van der Waals surface area contributed by atoms with Gasteiger partial charge in [0.15, 0.2) is 0 Å². The molecule has 1 heterocycles. The van der Waals surface area contributed by atoms with Crippen LogP contribution in [0.4, 0.5) is 0 Å². The van der Waals surface area contributed by atoms with Gasteiger partial charge in [0, 0.05) is 6.04 Å². The molecule has 1 atom stereocenters. The molecule has 116 valence electrons. The third kappa shape index (κ3) is 2.86. The Morgan fingerprint density at radius 3 is 2.73 bits per heavy atom. The normalized spacial score (nSPS) is 15.4. The van der Waals surface area contributed by atoms with Crippen molar-refractivity contribution in [3.8, 4) is 5.75 Å². The number of carbonyl (C=O) groups excluding carboxylic acids is 1. The Labute approximate surface area is 130 Å². The smallest absolute Gasteiger partial charge is 0.258 e. The van der Waals surface area contributed by atoms with Gasteiger partial charge in [0.2, 0.25) is 0 Å². The Morgan fingerprint density at radius 2 is 2.09 bits per heavy atom. The highest BCUT2D eigenvalue weighted by molar-refractivity contribution is 5.97. The average molecular weight is 299 g/mol. The summed E-state index contributed by atoms with van der Waals surface area (Å²) in [5.41, 5.74) is 0.620. The molecule has 4 heteroatoms. The summed E-state index contributed by atoms with van der Waals surface area (Å²) in [7, 11) is 0. The molecule has 0 spiro atoms. The minimum absolute atomic E-state index is 0.00968. The van der Waals surface area contributed by atoms with Crippen LogP contribution in [0.1, 0.15) is 48.8 Å². The van der Waals surface area contributed by atoms with Gasteiger partial charge in [-0.1, -0.05) is 12.1 Å². The molecular weight excluding hydrogens is 278 g/mol. The second-order valence-electron chi connectivity index (χ2n) is 5.56. The van der Waals surface area contributed by atoms with Crippen LogP contribution in [-0.2, 0) is 0 Å². The summed E-state index contributed by atoms with van der Waals surface area (Å²) in [6.07, 6.45) is 3.75. The quantitative estimate of drug-likeness (QED) is 0.808. The van der Waals surface area contributed by atoms with E-state index in [4.69, 9.17) is 9.15 Å². The maximum absolute atomic E-state index is 13.1. The topological polar surface area (TPSA) is 42.7 Å². The number of hydrogen-bond donors (Lipinski definition) is 0. The van der Waals surface area contributed by atoms with Crippen molar-refractivity contribution in [2.24, 2.45) is 0 Å². The monoisotopic (exact) mass is 299 g/mol. The maximum Gasteiger partial charge on any atom is 0.258 e. The number of hydrogen-bond acceptors (Lipinski definition) is 3. The van der Waals surface area contributed by atoms with Gasteiger partial charge in [-0.2, -0.15) is 0 Å². The molecule has 0 bridgehead atoms. The van der Waals surface area contributed by atoms with Gasteiger partial charge < -0.3 is 14.1 Å². The molecule has 22 heavy (non-hydrogen) atoms. The molecule has 1 aromatic carbocycles. The molecule has 1 aliphatic rings. The van der Waals surface area contributed by atoms with E-state index in [0.717, 1.165) is 18.6 Å². The van der Waals surface area contributed by atoms with Gasteiger partial charge in [-0.05, 0) is 51.0 Å². The molecule has 3 rings (SSSR count). The number of amides is 1. The molecular formula is C18H21NO3. The number of para-hydroxylation sites is 1. The standard InChI is InChI=1S/C18H21NO3/c1-3-21-17-8-5-4-7-15(17)18(20)19(14-10-11-14)13(2)16-9-6-12-22-16/h4-9,12-14H,3,10-11H2,1-2H3. The van der Waals surface area contributed by atoms with Crippen LogP contribution in [0.15, 0.2) is 47.1 Å². The highest BCUT2D eigenvalue weighted by atomic mass is 16.5. The molecule has 0 saturated heterocycles. The first kappa shape index (κ1) is 14.7. The van der Waals surface area contributed by atoms with E-state index in [0.29, 0.717) is 24.0 Å². The van der Waals surface area contributed by atoms with Gasteiger partial charge in [-0.3, -0.25) is 4.79 Å². The Hall–Kier alpha value is -2.23. The lowest BCUT2D eigenvalue weighted by molar-refractivity contribution is 0.0648. The predicted molar refractivity (Wildman–Crippen MR) is 83.9 cm³/mol. The third-order valence-corrected chi connectivity index (χ3v) is 3.96. The first-order valence-corrected chi connectivity index (χ1v) is 7.80. The van der Waals surface area contributed by atoms with Crippen LogP contribution in [0, 0.1) is 0 Å². The van der Waals surface area contributed by atoms with E-state index in [-0.39, 0.29) is 11.9 Å². The molecule has 1 amide bonds. The van der Waals surface area contributed by atoms with Crippen molar-refractivity contribution >= 4 is 5.91 Å². The molecule has 2 aromatic rings. The fourth-order valence-electron chi connectivity index (χ4n) is 2.74. The summed E-state index contributed by atoms with van der Waals surface area (Å²) in [4.78, 5) is 15.0. The van der Waals surface area contributed by atoms with Crippen LogP contribution in [0.25, 0.3) is 0 Å². The summed E-state index contributed by atoms with van der Waals surface area (Å²) in [6, 6.07) is 11.4. The van der Waals surface area contributed by atoms with Crippen LogP contribution in [0.3, 0.4) is 0 Å². The van der Waals surface area contributed by atoms with Gasteiger partial charge in [-0.15, -0.1) is 0 Å². The lowest BCUT2D eigenvalue weighted by Crippen LogP contribution is -2.35. The summed E-state index contributed by atoms with van der Waals surface area (Å²) in [5.74, 6) is 1.47. The molecule has 0 radical (unpaired) electrons. The van der Waals surface area contributed by atoms with Gasteiger partial charge in [0.05, 0.1) is 24.5 Å².